The molecule has 0 amide bonds. The number of phenols is 1. The van der Waals surface area contributed by atoms with Crippen molar-refractivity contribution < 1.29 is 14.6 Å². The van der Waals surface area contributed by atoms with Crippen LogP contribution in [0.3, 0.4) is 0 Å². The van der Waals surface area contributed by atoms with Gasteiger partial charge < -0.3 is 9.84 Å². The van der Waals surface area contributed by atoms with Crippen molar-refractivity contribution in [1.82, 2.24) is 0 Å². The highest BCUT2D eigenvalue weighted by Gasteiger charge is 2.13. The van der Waals surface area contributed by atoms with Crippen LogP contribution in [0.5, 0.6) is 5.75 Å². The average molecular weight is 270 g/mol. The molecule has 0 aliphatic heterocycles. The highest BCUT2D eigenvalue weighted by Crippen LogP contribution is 2.24. The molecule has 2 aromatic rings. The molecule has 0 saturated carbocycles. The van der Waals surface area contributed by atoms with Gasteiger partial charge in [0.25, 0.3) is 0 Å². The number of hydrogen-bond acceptors (Lipinski definition) is 3. The third-order valence-corrected chi connectivity index (χ3v) is 3.28. The maximum atomic E-state index is 11.5. The van der Waals surface area contributed by atoms with Crippen LogP contribution in [-0.2, 0) is 17.6 Å². The first-order valence-corrected chi connectivity index (χ1v) is 6.65. The first kappa shape index (κ1) is 14.1. The number of esters is 1. The smallest absolute Gasteiger partial charge is 0.341 e. The van der Waals surface area contributed by atoms with E-state index in [0.29, 0.717) is 0 Å². The SMILES string of the molecule is COC(=O)c1cccc(CCCc2ccccc2)c1O. The molecule has 0 fully saturated rings. The molecular weight excluding hydrogens is 252 g/mol. The number of aryl methyl sites for hydroxylation is 2. The van der Waals surface area contributed by atoms with Crippen molar-refractivity contribution in [2.75, 3.05) is 7.11 Å². The largest absolute Gasteiger partial charge is 0.507 e. The second kappa shape index (κ2) is 6.75. The van der Waals surface area contributed by atoms with E-state index in [2.05, 4.69) is 16.9 Å². The predicted molar refractivity (Wildman–Crippen MR) is 77.9 cm³/mol. The fourth-order valence-electron chi connectivity index (χ4n) is 2.20. The number of aromatic hydroxyl groups is 1. The molecule has 3 heteroatoms. The molecule has 0 aliphatic carbocycles. The standard InChI is InChI=1S/C17H18O3/c1-20-17(19)15-12-6-11-14(16(15)18)10-5-9-13-7-3-2-4-8-13/h2-4,6-8,11-12,18H,5,9-10H2,1H3. The molecule has 0 saturated heterocycles. The summed E-state index contributed by atoms with van der Waals surface area (Å²) in [5.41, 5.74) is 2.28. The molecule has 0 radical (unpaired) electrons. The summed E-state index contributed by atoms with van der Waals surface area (Å²) in [6, 6.07) is 15.4. The van der Waals surface area contributed by atoms with Crippen LogP contribution in [-0.4, -0.2) is 18.2 Å². The first-order valence-electron chi connectivity index (χ1n) is 6.65. The van der Waals surface area contributed by atoms with Crippen molar-refractivity contribution in [2.45, 2.75) is 19.3 Å². The number of carbonyl (C=O) groups is 1. The summed E-state index contributed by atoms with van der Waals surface area (Å²) in [6.07, 6.45) is 2.59. The summed E-state index contributed by atoms with van der Waals surface area (Å²) in [5.74, 6) is -0.472. The highest BCUT2D eigenvalue weighted by atomic mass is 16.5. The summed E-state index contributed by atoms with van der Waals surface area (Å²) >= 11 is 0. The molecule has 0 aromatic heterocycles. The number of hydrogen-bond donors (Lipinski definition) is 1. The zero-order valence-electron chi connectivity index (χ0n) is 11.5. The maximum absolute atomic E-state index is 11.5. The lowest BCUT2D eigenvalue weighted by Gasteiger charge is -2.08. The molecule has 0 bridgehead atoms. The molecule has 0 aliphatic rings. The summed E-state index contributed by atoms with van der Waals surface area (Å²) < 4.78 is 4.65. The molecule has 3 nitrogen and oxygen atoms in total. The van der Waals surface area contributed by atoms with E-state index >= 15 is 0 Å². The van der Waals surface area contributed by atoms with E-state index in [1.165, 1.54) is 12.7 Å². The van der Waals surface area contributed by atoms with E-state index in [0.717, 1.165) is 24.8 Å². The van der Waals surface area contributed by atoms with Crippen molar-refractivity contribution >= 4 is 5.97 Å². The van der Waals surface area contributed by atoms with E-state index in [-0.39, 0.29) is 11.3 Å². The number of carbonyl (C=O) groups excluding carboxylic acids is 1. The molecule has 0 atom stereocenters. The third-order valence-electron chi connectivity index (χ3n) is 3.28. The van der Waals surface area contributed by atoms with Crippen LogP contribution in [0.2, 0.25) is 0 Å². The quantitative estimate of drug-likeness (QED) is 0.847. The number of methoxy groups -OCH3 is 1. The predicted octanol–water partition coefficient (Wildman–Crippen LogP) is 3.35. The molecule has 1 N–H and O–H groups in total. The van der Waals surface area contributed by atoms with E-state index < -0.39 is 5.97 Å². The van der Waals surface area contributed by atoms with Gasteiger partial charge in [0.2, 0.25) is 0 Å². The Hall–Kier alpha value is -2.29. The first-order chi connectivity index (χ1) is 9.72. The lowest BCUT2D eigenvalue weighted by Crippen LogP contribution is -2.03. The van der Waals surface area contributed by atoms with Crippen molar-refractivity contribution in [1.29, 1.82) is 0 Å². The van der Waals surface area contributed by atoms with Crippen LogP contribution in [0.25, 0.3) is 0 Å². The summed E-state index contributed by atoms with van der Waals surface area (Å²) in [5, 5.41) is 10.1. The number of benzene rings is 2. The molecule has 104 valence electrons. The number of rotatable bonds is 5. The maximum Gasteiger partial charge on any atom is 0.341 e. The van der Waals surface area contributed by atoms with Crippen molar-refractivity contribution in [3.05, 3.63) is 65.2 Å². The van der Waals surface area contributed by atoms with Gasteiger partial charge in [0.05, 0.1) is 7.11 Å². The molecule has 0 heterocycles. The lowest BCUT2D eigenvalue weighted by atomic mass is 10.0. The Balaban J connectivity index is 2.01. The fraction of sp³-hybridized carbons (Fsp3) is 0.235. The monoisotopic (exact) mass is 270 g/mol. The minimum Gasteiger partial charge on any atom is -0.507 e. The van der Waals surface area contributed by atoms with Gasteiger partial charge in [-0.05, 0) is 36.5 Å². The highest BCUT2D eigenvalue weighted by molar-refractivity contribution is 5.92. The van der Waals surface area contributed by atoms with Crippen molar-refractivity contribution in [3.8, 4) is 5.75 Å². The molecule has 2 rings (SSSR count). The molecule has 2 aromatic carbocycles. The van der Waals surface area contributed by atoms with Crippen molar-refractivity contribution in [3.63, 3.8) is 0 Å². The normalized spacial score (nSPS) is 10.2. The van der Waals surface area contributed by atoms with Gasteiger partial charge >= 0.3 is 5.97 Å². The van der Waals surface area contributed by atoms with Gasteiger partial charge in [0.15, 0.2) is 0 Å². The molecule has 20 heavy (non-hydrogen) atoms. The Morgan fingerprint density at radius 1 is 1.05 bits per heavy atom. The van der Waals surface area contributed by atoms with E-state index in [9.17, 15) is 9.90 Å². The zero-order chi connectivity index (χ0) is 14.4. The minimum absolute atomic E-state index is 0.0346. The van der Waals surface area contributed by atoms with E-state index in [1.54, 1.807) is 12.1 Å². The fourth-order valence-corrected chi connectivity index (χ4v) is 2.20. The Bertz CT molecular complexity index is 576. The van der Waals surface area contributed by atoms with Gasteiger partial charge in [0, 0.05) is 0 Å². The van der Waals surface area contributed by atoms with Gasteiger partial charge in [-0.3, -0.25) is 0 Å². The average Bonchev–Trinajstić information content (AvgIpc) is 2.49. The molecule has 0 spiro atoms. The Labute approximate surface area is 118 Å². The number of ether oxygens (including phenoxy) is 1. The summed E-state index contributed by atoms with van der Waals surface area (Å²) in [7, 11) is 1.31. The van der Waals surface area contributed by atoms with Crippen LogP contribution in [0, 0.1) is 0 Å². The second-order valence-corrected chi connectivity index (χ2v) is 4.64. The van der Waals surface area contributed by atoms with Crippen LogP contribution in [0.4, 0.5) is 0 Å². The Morgan fingerprint density at radius 3 is 2.50 bits per heavy atom. The minimum atomic E-state index is -0.507. The Morgan fingerprint density at radius 2 is 1.80 bits per heavy atom. The van der Waals surface area contributed by atoms with E-state index in [1.807, 2.05) is 24.3 Å². The van der Waals surface area contributed by atoms with Gasteiger partial charge in [0.1, 0.15) is 11.3 Å². The van der Waals surface area contributed by atoms with Gasteiger partial charge in [-0.2, -0.15) is 0 Å². The Kier molecular flexibility index (Phi) is 4.77. The third kappa shape index (κ3) is 3.38. The van der Waals surface area contributed by atoms with Crippen molar-refractivity contribution in [2.24, 2.45) is 0 Å². The van der Waals surface area contributed by atoms with Gasteiger partial charge in [-0.25, -0.2) is 4.79 Å². The van der Waals surface area contributed by atoms with Crippen LogP contribution in [0.15, 0.2) is 48.5 Å². The lowest BCUT2D eigenvalue weighted by molar-refractivity contribution is 0.0597. The molecule has 0 unspecified atom stereocenters. The second-order valence-electron chi connectivity index (χ2n) is 4.64. The number of para-hydroxylation sites is 1. The van der Waals surface area contributed by atoms with Crippen LogP contribution >= 0.6 is 0 Å². The van der Waals surface area contributed by atoms with E-state index in [4.69, 9.17) is 0 Å². The summed E-state index contributed by atoms with van der Waals surface area (Å²) in [6.45, 7) is 0. The molecular formula is C17H18O3. The number of phenolic OH excluding ortho intramolecular Hbond substituents is 1. The summed E-state index contributed by atoms with van der Waals surface area (Å²) in [4.78, 5) is 11.5. The topological polar surface area (TPSA) is 46.5 Å². The van der Waals surface area contributed by atoms with Gasteiger partial charge in [-0.15, -0.1) is 0 Å². The van der Waals surface area contributed by atoms with Crippen LogP contribution < -0.4 is 0 Å². The van der Waals surface area contributed by atoms with Gasteiger partial charge in [-0.1, -0.05) is 42.5 Å². The zero-order valence-corrected chi connectivity index (χ0v) is 11.5. The van der Waals surface area contributed by atoms with Crippen LogP contribution in [0.1, 0.15) is 27.9 Å².